The van der Waals surface area contributed by atoms with E-state index in [1.54, 1.807) is 11.6 Å². The Morgan fingerprint density at radius 1 is 1.12 bits per heavy atom. The molecule has 2 fully saturated rings. The Balaban J connectivity index is 1.65. The number of allylic oxidation sites excluding steroid dienone is 2. The van der Waals surface area contributed by atoms with Gasteiger partial charge in [0.15, 0.2) is 0 Å². The van der Waals surface area contributed by atoms with Crippen LogP contribution in [-0.4, -0.2) is 39.7 Å². The first-order valence-electron chi connectivity index (χ1n) is 13.3. The third-order valence-electron chi connectivity index (χ3n) is 11.6. The standard InChI is InChI=1S/C29H45FO4/c1-17(22(31)8-7-9-24(32)33)18-12-14-29(6)20-10-11-23-26(2,3)25(34)21(30)16-27(23,4)19(20)13-15-28(18,29)5/h7,9,17-18,21-23,25,31,34H,8,10-16H2,1-6H3,(H,32,33)/b9-7+/t17-,18+,21+,22?,23?,25-,27+,28+,29-/m0/s1. The number of aliphatic hydroxyl groups is 2. The Labute approximate surface area is 204 Å². The Morgan fingerprint density at radius 3 is 2.44 bits per heavy atom. The molecule has 34 heavy (non-hydrogen) atoms. The van der Waals surface area contributed by atoms with E-state index in [2.05, 4.69) is 41.5 Å². The first-order chi connectivity index (χ1) is 15.7. The van der Waals surface area contributed by atoms with Gasteiger partial charge in [-0.2, -0.15) is 0 Å². The minimum absolute atomic E-state index is 0.0378. The first-order valence-corrected chi connectivity index (χ1v) is 13.3. The van der Waals surface area contributed by atoms with E-state index in [9.17, 15) is 15.0 Å². The maximum atomic E-state index is 15.2. The summed E-state index contributed by atoms with van der Waals surface area (Å²) in [6, 6.07) is 0. The lowest BCUT2D eigenvalue weighted by molar-refractivity contribution is -0.136. The van der Waals surface area contributed by atoms with Gasteiger partial charge in [0.25, 0.3) is 0 Å². The van der Waals surface area contributed by atoms with Crippen LogP contribution in [0.15, 0.2) is 23.3 Å². The summed E-state index contributed by atoms with van der Waals surface area (Å²) < 4.78 is 15.2. The number of hydrogen-bond acceptors (Lipinski definition) is 3. The molecule has 0 radical (unpaired) electrons. The lowest BCUT2D eigenvalue weighted by Gasteiger charge is -2.62. The molecule has 0 heterocycles. The zero-order chi connectivity index (χ0) is 25.3. The monoisotopic (exact) mass is 476 g/mol. The van der Waals surface area contributed by atoms with E-state index in [0.717, 1.165) is 44.6 Å². The molecular formula is C29H45FO4. The van der Waals surface area contributed by atoms with Crippen LogP contribution >= 0.6 is 0 Å². The summed E-state index contributed by atoms with van der Waals surface area (Å²) in [5.41, 5.74) is 2.48. The highest BCUT2D eigenvalue weighted by Crippen LogP contribution is 2.72. The quantitative estimate of drug-likeness (QED) is 0.332. The summed E-state index contributed by atoms with van der Waals surface area (Å²) in [4.78, 5) is 10.8. The van der Waals surface area contributed by atoms with E-state index in [4.69, 9.17) is 5.11 Å². The van der Waals surface area contributed by atoms with Crippen LogP contribution in [0.25, 0.3) is 0 Å². The molecule has 192 valence electrons. The number of aliphatic hydroxyl groups excluding tert-OH is 2. The summed E-state index contributed by atoms with van der Waals surface area (Å²) in [7, 11) is 0. The molecule has 0 amide bonds. The summed E-state index contributed by atoms with van der Waals surface area (Å²) in [6.07, 6.45) is 7.01. The molecule has 0 bridgehead atoms. The van der Waals surface area contributed by atoms with Gasteiger partial charge in [-0.05, 0) is 90.8 Å². The number of aliphatic carboxylic acids is 1. The third-order valence-corrected chi connectivity index (χ3v) is 11.6. The fraction of sp³-hybridized carbons (Fsp3) is 0.828. The predicted octanol–water partition coefficient (Wildman–Crippen LogP) is 6.07. The molecular weight excluding hydrogens is 431 g/mol. The van der Waals surface area contributed by atoms with Crippen molar-refractivity contribution in [1.82, 2.24) is 0 Å². The normalized spacial score (nSPS) is 45.4. The number of carboxylic acid groups (broad SMARTS) is 1. The van der Waals surface area contributed by atoms with Gasteiger partial charge < -0.3 is 15.3 Å². The molecule has 3 N–H and O–H groups in total. The van der Waals surface area contributed by atoms with Crippen molar-refractivity contribution in [3.05, 3.63) is 23.3 Å². The second kappa shape index (κ2) is 8.44. The molecule has 0 saturated heterocycles. The number of alkyl halides is 1. The summed E-state index contributed by atoms with van der Waals surface area (Å²) in [6.45, 7) is 13.3. The average Bonchev–Trinajstić information content (AvgIpc) is 3.02. The van der Waals surface area contributed by atoms with Gasteiger partial charge in [-0.1, -0.05) is 58.8 Å². The van der Waals surface area contributed by atoms with Crippen LogP contribution in [0.1, 0.15) is 92.9 Å². The van der Waals surface area contributed by atoms with Crippen molar-refractivity contribution in [3.63, 3.8) is 0 Å². The summed E-state index contributed by atoms with van der Waals surface area (Å²) in [5, 5.41) is 30.5. The van der Waals surface area contributed by atoms with Crippen molar-refractivity contribution in [2.75, 3.05) is 0 Å². The van der Waals surface area contributed by atoms with Gasteiger partial charge in [-0.25, -0.2) is 9.18 Å². The van der Waals surface area contributed by atoms with Gasteiger partial charge >= 0.3 is 5.97 Å². The van der Waals surface area contributed by atoms with Crippen LogP contribution < -0.4 is 0 Å². The Hall–Kier alpha value is -1.20. The van der Waals surface area contributed by atoms with E-state index in [0.29, 0.717) is 18.8 Å². The van der Waals surface area contributed by atoms with Crippen molar-refractivity contribution in [3.8, 4) is 0 Å². The second-order valence-electron chi connectivity index (χ2n) is 13.2. The number of carboxylic acids is 1. The predicted molar refractivity (Wildman–Crippen MR) is 132 cm³/mol. The molecule has 0 aromatic rings. The first kappa shape index (κ1) is 25.9. The molecule has 0 aromatic heterocycles. The highest BCUT2D eigenvalue weighted by atomic mass is 19.1. The van der Waals surface area contributed by atoms with Gasteiger partial charge in [0.05, 0.1) is 12.2 Å². The van der Waals surface area contributed by atoms with E-state index in [1.165, 1.54) is 5.57 Å². The van der Waals surface area contributed by atoms with Gasteiger partial charge in [0.1, 0.15) is 6.17 Å². The van der Waals surface area contributed by atoms with Crippen molar-refractivity contribution < 1.29 is 24.5 Å². The number of hydrogen-bond donors (Lipinski definition) is 3. The number of fused-ring (bicyclic) bond motifs is 4. The zero-order valence-electron chi connectivity index (χ0n) is 21.9. The molecule has 4 nitrogen and oxygen atoms in total. The number of rotatable bonds is 5. The van der Waals surface area contributed by atoms with Crippen LogP contribution in [0, 0.1) is 39.4 Å². The second-order valence-corrected chi connectivity index (χ2v) is 13.2. The fourth-order valence-corrected chi connectivity index (χ4v) is 9.44. The topological polar surface area (TPSA) is 77.8 Å². The zero-order valence-corrected chi connectivity index (χ0v) is 21.9. The Morgan fingerprint density at radius 2 is 1.79 bits per heavy atom. The van der Waals surface area contributed by atoms with Crippen molar-refractivity contribution in [1.29, 1.82) is 0 Å². The molecule has 4 aliphatic rings. The van der Waals surface area contributed by atoms with Gasteiger partial charge in [0, 0.05) is 6.08 Å². The molecule has 9 atom stereocenters. The van der Waals surface area contributed by atoms with E-state index < -0.39 is 29.8 Å². The number of halogens is 1. The highest BCUT2D eigenvalue weighted by molar-refractivity contribution is 5.79. The summed E-state index contributed by atoms with van der Waals surface area (Å²) in [5.74, 6) is -0.250. The Bertz CT molecular complexity index is 893. The van der Waals surface area contributed by atoms with Gasteiger partial charge in [0.2, 0.25) is 0 Å². The van der Waals surface area contributed by atoms with Crippen LogP contribution in [0.2, 0.25) is 0 Å². The molecule has 2 saturated carbocycles. The highest BCUT2D eigenvalue weighted by Gasteiger charge is 2.64. The third kappa shape index (κ3) is 3.55. The van der Waals surface area contributed by atoms with Crippen LogP contribution in [0.4, 0.5) is 4.39 Å². The Kier molecular flexibility index (Phi) is 6.42. The van der Waals surface area contributed by atoms with Gasteiger partial charge in [-0.15, -0.1) is 0 Å². The average molecular weight is 477 g/mol. The molecule has 0 aromatic carbocycles. The number of carbonyl (C=O) groups is 1. The van der Waals surface area contributed by atoms with Crippen molar-refractivity contribution in [2.45, 2.75) is 111 Å². The van der Waals surface area contributed by atoms with Crippen molar-refractivity contribution >= 4 is 5.97 Å². The largest absolute Gasteiger partial charge is 0.478 e. The summed E-state index contributed by atoms with van der Waals surface area (Å²) >= 11 is 0. The van der Waals surface area contributed by atoms with Gasteiger partial charge in [-0.3, -0.25) is 0 Å². The maximum absolute atomic E-state index is 15.2. The van der Waals surface area contributed by atoms with Crippen molar-refractivity contribution in [2.24, 2.45) is 39.4 Å². The minimum atomic E-state index is -1.19. The molecule has 4 rings (SSSR count). The van der Waals surface area contributed by atoms with Crippen LogP contribution in [0.5, 0.6) is 0 Å². The molecule has 5 heteroatoms. The minimum Gasteiger partial charge on any atom is -0.478 e. The lowest BCUT2D eigenvalue weighted by atomic mass is 9.43. The molecule has 4 aliphatic carbocycles. The van der Waals surface area contributed by atoms with Crippen LogP contribution in [0.3, 0.4) is 0 Å². The molecule has 2 unspecified atom stereocenters. The van der Waals surface area contributed by atoms with Crippen LogP contribution in [-0.2, 0) is 4.79 Å². The fourth-order valence-electron chi connectivity index (χ4n) is 9.44. The van der Waals surface area contributed by atoms with E-state index in [-0.39, 0.29) is 28.1 Å². The molecule has 0 spiro atoms. The maximum Gasteiger partial charge on any atom is 0.327 e. The van der Waals surface area contributed by atoms with E-state index >= 15 is 4.39 Å². The SMILES string of the molecule is C[C@H](C(O)C/C=C/C(=O)O)[C@H]1CC[C@@]2(C)C3=C(CC[C@]12C)[C@@]1(C)C[C@@H](F)[C@H](O)C(C)(C)C1CC3. The smallest absolute Gasteiger partial charge is 0.327 e. The van der Waals surface area contributed by atoms with E-state index in [1.807, 2.05) is 0 Å². The lowest BCUT2D eigenvalue weighted by Crippen LogP contribution is -2.58. The molecule has 0 aliphatic heterocycles.